The van der Waals surface area contributed by atoms with Crippen LogP contribution in [0.2, 0.25) is 0 Å². The number of carbonyl (C=O) groups is 1. The quantitative estimate of drug-likeness (QED) is 0.0693. The van der Waals surface area contributed by atoms with E-state index in [9.17, 15) is 37.0 Å². The number of aromatic hydroxyl groups is 1. The first-order valence-corrected chi connectivity index (χ1v) is 15.7. The standard InChI is InChI=1S/C33H26F5N5O5S/c1-16-23(15-49-33-40-41-42-43(33)21-9-11-22(45)12-10-21)47-32(48-30(16)18-7-5-17(14-44)6-8-18)19-3-2-4-20(13-19)39-31(46)24-25(34)27(36)29(38)28(37)26(24)35/h2-13,16,23,30,32,44-45H,14-15H2,1H3,(H,39,46)/t16-,23+,30+,32+/m1/s1. The van der Waals surface area contributed by atoms with Gasteiger partial charge in [-0.3, -0.25) is 4.79 Å². The van der Waals surface area contributed by atoms with Crippen LogP contribution >= 0.6 is 11.8 Å². The summed E-state index contributed by atoms with van der Waals surface area (Å²) in [6, 6.07) is 19.4. The minimum absolute atomic E-state index is 0.0277. The molecule has 49 heavy (non-hydrogen) atoms. The van der Waals surface area contributed by atoms with Gasteiger partial charge in [-0.15, -0.1) is 5.10 Å². The van der Waals surface area contributed by atoms with Gasteiger partial charge in [-0.1, -0.05) is 55.1 Å². The van der Waals surface area contributed by atoms with Crippen molar-refractivity contribution in [3.8, 4) is 11.4 Å². The van der Waals surface area contributed by atoms with E-state index in [0.717, 1.165) is 5.56 Å². The lowest BCUT2D eigenvalue weighted by atomic mass is 9.91. The number of rotatable bonds is 9. The number of hydrogen-bond donors (Lipinski definition) is 3. The van der Waals surface area contributed by atoms with Crippen LogP contribution in [0.5, 0.6) is 5.75 Å². The maximum atomic E-state index is 14.3. The first kappa shape index (κ1) is 34.0. The highest BCUT2D eigenvalue weighted by atomic mass is 32.2. The zero-order chi connectivity index (χ0) is 34.8. The number of halogens is 5. The number of thioether (sulfide) groups is 1. The minimum Gasteiger partial charge on any atom is -0.508 e. The number of phenols is 1. The summed E-state index contributed by atoms with van der Waals surface area (Å²) in [4.78, 5) is 12.7. The van der Waals surface area contributed by atoms with Crippen LogP contribution in [0.3, 0.4) is 0 Å². The normalized spacial score (nSPS) is 19.2. The molecule has 0 radical (unpaired) electrons. The Hall–Kier alpha value is -4.90. The molecule has 0 unspecified atom stereocenters. The van der Waals surface area contributed by atoms with Crippen LogP contribution in [-0.2, 0) is 16.1 Å². The summed E-state index contributed by atoms with van der Waals surface area (Å²) in [5.74, 6) is -12.7. The predicted molar refractivity (Wildman–Crippen MR) is 165 cm³/mol. The van der Waals surface area contributed by atoms with E-state index >= 15 is 0 Å². The molecule has 10 nitrogen and oxygen atoms in total. The lowest BCUT2D eigenvalue weighted by molar-refractivity contribution is -0.268. The smallest absolute Gasteiger partial charge is 0.261 e. The van der Waals surface area contributed by atoms with E-state index in [2.05, 4.69) is 20.8 Å². The second-order valence-corrected chi connectivity index (χ2v) is 12.0. The first-order valence-electron chi connectivity index (χ1n) is 14.7. The Kier molecular flexibility index (Phi) is 9.91. The molecule has 254 valence electrons. The van der Waals surface area contributed by atoms with Crippen molar-refractivity contribution in [3.63, 3.8) is 0 Å². The summed E-state index contributed by atoms with van der Waals surface area (Å²) >= 11 is 1.31. The number of phenolic OH excluding ortho intramolecular Hbond substituents is 1. The molecule has 0 aliphatic carbocycles. The van der Waals surface area contributed by atoms with Gasteiger partial charge >= 0.3 is 0 Å². The molecule has 1 aliphatic rings. The summed E-state index contributed by atoms with van der Waals surface area (Å²) in [7, 11) is 0. The van der Waals surface area contributed by atoms with Gasteiger partial charge in [0.1, 0.15) is 11.3 Å². The van der Waals surface area contributed by atoms with Crippen molar-refractivity contribution in [2.75, 3.05) is 11.1 Å². The van der Waals surface area contributed by atoms with Gasteiger partial charge in [0.2, 0.25) is 11.0 Å². The number of benzene rings is 4. The number of carbonyl (C=O) groups excluding carboxylic acids is 1. The average Bonchev–Trinajstić information content (AvgIpc) is 3.58. The number of ether oxygens (including phenoxy) is 2. The van der Waals surface area contributed by atoms with Crippen LogP contribution in [0.15, 0.2) is 78.0 Å². The zero-order valence-electron chi connectivity index (χ0n) is 25.4. The van der Waals surface area contributed by atoms with Crippen LogP contribution in [0.25, 0.3) is 5.69 Å². The maximum Gasteiger partial charge on any atom is 0.261 e. The molecule has 5 aromatic rings. The summed E-state index contributed by atoms with van der Waals surface area (Å²) in [6.07, 6.45) is -2.05. The zero-order valence-corrected chi connectivity index (χ0v) is 26.2. The highest BCUT2D eigenvalue weighted by Crippen LogP contribution is 2.43. The Balaban J connectivity index is 1.27. The molecule has 6 rings (SSSR count). The molecule has 0 bridgehead atoms. The molecule has 4 atom stereocenters. The van der Waals surface area contributed by atoms with Crippen molar-refractivity contribution < 1.29 is 46.4 Å². The number of anilines is 1. The number of tetrazole rings is 1. The number of nitrogens with one attached hydrogen (secondary N) is 1. The Morgan fingerprint density at radius 2 is 1.57 bits per heavy atom. The second-order valence-electron chi connectivity index (χ2n) is 11.0. The molecule has 1 amide bonds. The van der Waals surface area contributed by atoms with Crippen LogP contribution in [0, 0.1) is 35.0 Å². The third-order valence-electron chi connectivity index (χ3n) is 7.89. The Morgan fingerprint density at radius 1 is 0.898 bits per heavy atom. The lowest BCUT2D eigenvalue weighted by Gasteiger charge is -2.41. The van der Waals surface area contributed by atoms with Crippen molar-refractivity contribution in [1.82, 2.24) is 20.2 Å². The highest BCUT2D eigenvalue weighted by molar-refractivity contribution is 7.99. The number of aliphatic hydroxyl groups excluding tert-OH is 1. The Morgan fingerprint density at radius 3 is 2.24 bits per heavy atom. The van der Waals surface area contributed by atoms with Gasteiger partial charge in [0.05, 0.1) is 24.5 Å². The topological polar surface area (TPSA) is 132 Å². The number of hydrogen-bond acceptors (Lipinski definition) is 9. The van der Waals surface area contributed by atoms with Crippen LogP contribution in [0.1, 0.15) is 46.4 Å². The highest BCUT2D eigenvalue weighted by Gasteiger charge is 2.39. The Bertz CT molecular complexity index is 1950. The number of aliphatic hydroxyl groups is 1. The van der Waals surface area contributed by atoms with E-state index in [4.69, 9.17) is 9.47 Å². The fourth-order valence-corrected chi connectivity index (χ4v) is 6.31. The number of amides is 1. The van der Waals surface area contributed by atoms with Gasteiger partial charge in [-0.05, 0) is 58.0 Å². The minimum atomic E-state index is -2.38. The van der Waals surface area contributed by atoms with Crippen LogP contribution in [0.4, 0.5) is 27.6 Å². The largest absolute Gasteiger partial charge is 0.508 e. The predicted octanol–water partition coefficient (Wildman–Crippen LogP) is 6.39. The van der Waals surface area contributed by atoms with Crippen molar-refractivity contribution in [2.45, 2.75) is 37.2 Å². The third-order valence-corrected chi connectivity index (χ3v) is 8.90. The van der Waals surface area contributed by atoms with Gasteiger partial charge in [-0.25, -0.2) is 22.0 Å². The van der Waals surface area contributed by atoms with Crippen molar-refractivity contribution >= 4 is 23.4 Å². The molecule has 1 saturated heterocycles. The molecular weight excluding hydrogens is 673 g/mol. The fourth-order valence-electron chi connectivity index (χ4n) is 5.25. The van der Waals surface area contributed by atoms with Gasteiger partial charge in [0.25, 0.3) is 5.91 Å². The summed E-state index contributed by atoms with van der Waals surface area (Å²) < 4.78 is 84.0. The summed E-state index contributed by atoms with van der Waals surface area (Å²) in [5, 5.41) is 33.8. The SMILES string of the molecule is C[C@@H]1[C@H](CSc2nnnn2-c2ccc(O)cc2)O[C@H](c2cccc(NC(=O)c3c(F)c(F)c(F)c(F)c3F)c2)O[C@@H]1c1ccc(CO)cc1. The van der Waals surface area contributed by atoms with Crippen molar-refractivity contribution in [1.29, 1.82) is 0 Å². The molecule has 0 saturated carbocycles. The van der Waals surface area contributed by atoms with Gasteiger partial charge in [0, 0.05) is 22.9 Å². The number of nitrogens with zero attached hydrogens (tertiary/aromatic N) is 4. The number of aromatic nitrogens is 4. The molecular formula is C33H26F5N5O5S. The molecule has 1 aliphatic heterocycles. The van der Waals surface area contributed by atoms with E-state index in [-0.39, 0.29) is 24.0 Å². The van der Waals surface area contributed by atoms with Gasteiger partial charge < -0.3 is 25.0 Å². The maximum absolute atomic E-state index is 14.3. The summed E-state index contributed by atoms with van der Waals surface area (Å²) in [6.45, 7) is 1.79. The molecule has 0 spiro atoms. The van der Waals surface area contributed by atoms with Gasteiger partial charge in [-0.2, -0.15) is 4.68 Å². The molecule has 4 aromatic carbocycles. The van der Waals surface area contributed by atoms with Crippen LogP contribution < -0.4 is 5.32 Å². The Labute approximate surface area is 279 Å². The van der Waals surface area contributed by atoms with Crippen molar-refractivity contribution in [2.24, 2.45) is 5.92 Å². The monoisotopic (exact) mass is 699 g/mol. The molecule has 1 aromatic heterocycles. The first-order chi connectivity index (χ1) is 23.5. The molecule has 1 fully saturated rings. The second kappa shape index (κ2) is 14.3. The molecule has 16 heteroatoms. The van der Waals surface area contributed by atoms with E-state index in [0.29, 0.717) is 27.7 Å². The van der Waals surface area contributed by atoms with E-state index < -0.39 is 59.1 Å². The molecule has 2 heterocycles. The average molecular weight is 700 g/mol. The van der Waals surface area contributed by atoms with Gasteiger partial charge in [0.15, 0.2) is 29.6 Å². The summed E-state index contributed by atoms with van der Waals surface area (Å²) in [5.41, 5.74) is 0.834. The third kappa shape index (κ3) is 6.98. The van der Waals surface area contributed by atoms with Crippen molar-refractivity contribution in [3.05, 3.63) is 124 Å². The van der Waals surface area contributed by atoms with E-state index in [1.54, 1.807) is 30.3 Å². The lowest BCUT2D eigenvalue weighted by Crippen LogP contribution is -2.38. The van der Waals surface area contributed by atoms with E-state index in [1.165, 1.54) is 46.8 Å². The van der Waals surface area contributed by atoms with Crippen LogP contribution in [-0.4, -0.2) is 48.2 Å². The fraction of sp³-hybridized carbons (Fsp3) is 0.212. The van der Waals surface area contributed by atoms with E-state index in [1.807, 2.05) is 19.1 Å². The molecule has 3 N–H and O–H groups in total.